The third-order valence-electron chi connectivity index (χ3n) is 3.65. The fraction of sp³-hybridized carbons (Fsp3) is 0.500. The number of β-amino-alcohol motifs (C(OH)–C–C–N with tert-alkyl or cyclic N) is 1. The maximum atomic E-state index is 10.0. The van der Waals surface area contributed by atoms with Gasteiger partial charge in [-0.05, 0) is 18.4 Å². The van der Waals surface area contributed by atoms with E-state index in [2.05, 4.69) is 25.5 Å². The van der Waals surface area contributed by atoms with Crippen LogP contribution < -0.4 is 16.2 Å². The number of anilines is 2. The van der Waals surface area contributed by atoms with E-state index in [1.54, 1.807) is 18.5 Å². The van der Waals surface area contributed by atoms with Gasteiger partial charge in [0.05, 0.1) is 6.10 Å². The molecular weight excluding hydrogens is 272 g/mol. The highest BCUT2D eigenvalue weighted by Gasteiger charge is 2.26. The van der Waals surface area contributed by atoms with Crippen LogP contribution in [0.4, 0.5) is 11.9 Å². The number of nitrogens with one attached hydrogen (secondary N) is 1. The quantitative estimate of drug-likeness (QED) is 0.514. The van der Waals surface area contributed by atoms with Crippen molar-refractivity contribution in [2.45, 2.75) is 19.4 Å². The largest absolute Gasteiger partial charge is 0.391 e. The fourth-order valence-electron chi connectivity index (χ4n) is 2.28. The molecule has 0 amide bonds. The normalized spacial score (nSPS) is 22.3. The number of aliphatic hydroxyl groups is 1. The average Bonchev–Trinajstić information content (AvgIpc) is 3.04. The Bertz CT molecular complexity index is 601. The minimum absolute atomic E-state index is 0.263. The predicted molar refractivity (Wildman–Crippen MR) is 76.8 cm³/mol. The third kappa shape index (κ3) is 2.78. The van der Waals surface area contributed by atoms with Crippen molar-refractivity contribution in [3.8, 4) is 5.95 Å². The van der Waals surface area contributed by atoms with E-state index >= 15 is 0 Å². The summed E-state index contributed by atoms with van der Waals surface area (Å²) in [5, 5.41) is 14.1. The first-order valence-electron chi connectivity index (χ1n) is 6.83. The van der Waals surface area contributed by atoms with Crippen LogP contribution in [0.15, 0.2) is 18.5 Å². The number of hydrazine groups is 1. The molecule has 0 bridgehead atoms. The Labute approximate surface area is 121 Å². The molecule has 3 heterocycles. The highest BCUT2D eigenvalue weighted by atomic mass is 16.3. The van der Waals surface area contributed by atoms with Crippen molar-refractivity contribution in [2.24, 2.45) is 11.8 Å². The van der Waals surface area contributed by atoms with Crippen LogP contribution in [0.2, 0.25) is 0 Å². The number of nitrogens with zero attached hydrogens (tertiary/aromatic N) is 6. The fourth-order valence-corrected chi connectivity index (χ4v) is 2.28. The van der Waals surface area contributed by atoms with Crippen molar-refractivity contribution < 1.29 is 5.11 Å². The molecule has 0 spiro atoms. The zero-order valence-electron chi connectivity index (χ0n) is 11.7. The van der Waals surface area contributed by atoms with Gasteiger partial charge < -0.3 is 10.0 Å². The summed E-state index contributed by atoms with van der Waals surface area (Å²) in [6, 6.07) is 1.78. The molecule has 1 fully saturated rings. The lowest BCUT2D eigenvalue weighted by Crippen LogP contribution is -2.43. The second-order valence-electron chi connectivity index (χ2n) is 5.13. The number of nitrogen functional groups attached to an aromatic ring is 1. The Hall–Kier alpha value is -2.26. The minimum atomic E-state index is -0.391. The van der Waals surface area contributed by atoms with E-state index in [4.69, 9.17) is 5.84 Å². The second-order valence-corrected chi connectivity index (χ2v) is 5.13. The molecule has 2 aromatic heterocycles. The number of aromatic nitrogens is 5. The van der Waals surface area contributed by atoms with Crippen LogP contribution in [0.3, 0.4) is 0 Å². The summed E-state index contributed by atoms with van der Waals surface area (Å²) >= 11 is 0. The van der Waals surface area contributed by atoms with Crippen molar-refractivity contribution in [1.29, 1.82) is 0 Å². The molecule has 0 radical (unpaired) electrons. The molecule has 2 aromatic rings. The van der Waals surface area contributed by atoms with E-state index in [-0.39, 0.29) is 11.9 Å². The van der Waals surface area contributed by atoms with Crippen LogP contribution in [0.5, 0.6) is 0 Å². The van der Waals surface area contributed by atoms with Crippen LogP contribution in [0, 0.1) is 5.92 Å². The minimum Gasteiger partial charge on any atom is -0.391 e. The maximum Gasteiger partial charge on any atom is 0.257 e. The first-order valence-corrected chi connectivity index (χ1v) is 6.83. The van der Waals surface area contributed by atoms with E-state index < -0.39 is 6.10 Å². The monoisotopic (exact) mass is 290 g/mol. The maximum absolute atomic E-state index is 10.0. The summed E-state index contributed by atoms with van der Waals surface area (Å²) in [4.78, 5) is 14.8. The van der Waals surface area contributed by atoms with E-state index in [1.807, 2.05) is 11.8 Å². The average molecular weight is 290 g/mol. The molecule has 21 heavy (non-hydrogen) atoms. The molecule has 1 saturated heterocycles. The molecule has 9 nitrogen and oxygen atoms in total. The predicted octanol–water partition coefficient (Wildman–Crippen LogP) is -0.450. The van der Waals surface area contributed by atoms with Crippen molar-refractivity contribution in [3.05, 3.63) is 18.5 Å². The van der Waals surface area contributed by atoms with Gasteiger partial charge >= 0.3 is 0 Å². The van der Waals surface area contributed by atoms with Crippen molar-refractivity contribution in [3.63, 3.8) is 0 Å². The number of hydrogen-bond donors (Lipinski definition) is 3. The van der Waals surface area contributed by atoms with Crippen LogP contribution >= 0.6 is 0 Å². The van der Waals surface area contributed by atoms with Crippen LogP contribution in [0.1, 0.15) is 13.3 Å². The first kappa shape index (κ1) is 13.7. The number of rotatable bonds is 3. The number of hydrogen-bond acceptors (Lipinski definition) is 8. The van der Waals surface area contributed by atoms with Gasteiger partial charge in [0.1, 0.15) is 0 Å². The van der Waals surface area contributed by atoms with Gasteiger partial charge in [-0.1, -0.05) is 6.92 Å². The van der Waals surface area contributed by atoms with Gasteiger partial charge in [-0.3, -0.25) is 5.43 Å². The third-order valence-corrected chi connectivity index (χ3v) is 3.65. The van der Waals surface area contributed by atoms with Crippen LogP contribution in [-0.2, 0) is 0 Å². The number of piperidine rings is 1. The molecule has 0 saturated carbocycles. The van der Waals surface area contributed by atoms with Gasteiger partial charge in [0, 0.05) is 25.5 Å². The van der Waals surface area contributed by atoms with Gasteiger partial charge in [-0.2, -0.15) is 20.1 Å². The first-order chi connectivity index (χ1) is 10.2. The number of nitrogens with two attached hydrogens (primary N) is 1. The molecule has 0 aromatic carbocycles. The van der Waals surface area contributed by atoms with E-state index in [1.165, 1.54) is 4.68 Å². The molecule has 0 aliphatic carbocycles. The highest BCUT2D eigenvalue weighted by Crippen LogP contribution is 2.21. The summed E-state index contributed by atoms with van der Waals surface area (Å²) in [7, 11) is 0. The Morgan fingerprint density at radius 1 is 1.33 bits per heavy atom. The summed E-state index contributed by atoms with van der Waals surface area (Å²) in [5.74, 6) is 6.82. The second kappa shape index (κ2) is 5.62. The van der Waals surface area contributed by atoms with E-state index in [0.29, 0.717) is 18.4 Å². The topological polar surface area (TPSA) is 118 Å². The summed E-state index contributed by atoms with van der Waals surface area (Å²) in [6.07, 6.45) is 3.88. The molecule has 2 atom stereocenters. The van der Waals surface area contributed by atoms with Crippen molar-refractivity contribution >= 4 is 11.9 Å². The van der Waals surface area contributed by atoms with Gasteiger partial charge in [0.15, 0.2) is 0 Å². The Morgan fingerprint density at radius 3 is 2.81 bits per heavy atom. The molecule has 112 valence electrons. The lowest BCUT2D eigenvalue weighted by molar-refractivity contribution is 0.102. The highest BCUT2D eigenvalue weighted by molar-refractivity contribution is 5.40. The molecule has 3 rings (SSSR count). The van der Waals surface area contributed by atoms with Crippen LogP contribution in [-0.4, -0.2) is 49.0 Å². The molecule has 2 unspecified atom stereocenters. The standard InChI is InChI=1S/C12H18N8O/c1-8-3-6-19(7-9(8)21)11-15-10(18-13)16-12(17-11)20-5-2-4-14-20/h2,4-5,8-9,21H,3,6-7,13H2,1H3,(H,15,16,17,18). The molecule has 4 N–H and O–H groups in total. The molecular formula is C12H18N8O. The molecule has 9 heteroatoms. The summed E-state index contributed by atoms with van der Waals surface area (Å²) in [6.45, 7) is 3.32. The van der Waals surface area contributed by atoms with Gasteiger partial charge in [-0.25, -0.2) is 10.5 Å². The van der Waals surface area contributed by atoms with Gasteiger partial charge in [-0.15, -0.1) is 0 Å². The lowest BCUT2D eigenvalue weighted by atomic mass is 9.96. The van der Waals surface area contributed by atoms with Gasteiger partial charge in [0.2, 0.25) is 11.9 Å². The number of aliphatic hydroxyl groups excluding tert-OH is 1. The SMILES string of the molecule is CC1CCN(c2nc(NN)nc(-n3cccn3)n2)CC1O. The zero-order valence-corrected chi connectivity index (χ0v) is 11.7. The molecule has 1 aliphatic rings. The van der Waals surface area contributed by atoms with Gasteiger partial charge in [0.25, 0.3) is 5.95 Å². The van der Waals surface area contributed by atoms with Crippen molar-refractivity contribution in [2.75, 3.05) is 23.4 Å². The Balaban J connectivity index is 1.93. The smallest absolute Gasteiger partial charge is 0.257 e. The lowest BCUT2D eigenvalue weighted by Gasteiger charge is -2.34. The van der Waals surface area contributed by atoms with Crippen LogP contribution in [0.25, 0.3) is 5.95 Å². The summed E-state index contributed by atoms with van der Waals surface area (Å²) < 4.78 is 1.54. The zero-order chi connectivity index (χ0) is 14.8. The van der Waals surface area contributed by atoms with E-state index in [0.717, 1.165) is 13.0 Å². The Kier molecular flexibility index (Phi) is 3.67. The van der Waals surface area contributed by atoms with Crippen molar-refractivity contribution in [1.82, 2.24) is 24.7 Å². The van der Waals surface area contributed by atoms with E-state index in [9.17, 15) is 5.11 Å². The Morgan fingerprint density at radius 2 is 2.14 bits per heavy atom. The molecule has 1 aliphatic heterocycles. The summed E-state index contributed by atoms with van der Waals surface area (Å²) in [5.41, 5.74) is 2.44.